The second kappa shape index (κ2) is 5.96. The molecule has 0 aliphatic carbocycles. The van der Waals surface area contributed by atoms with E-state index in [1.54, 1.807) is 22.9 Å². The molecule has 8 heteroatoms. The van der Waals surface area contributed by atoms with Gasteiger partial charge in [-0.3, -0.25) is 0 Å². The standard InChI is InChI=1S/C13H15Cl2N3O2S/c1-3-11-13(21(16,19)20)12(4-2)18(17-11)8-5-6-9(14)10(15)7-8/h5-7H,3-4H2,1-2H3,(H2,16,19,20). The lowest BCUT2D eigenvalue weighted by Gasteiger charge is -2.08. The molecular weight excluding hydrogens is 333 g/mol. The molecule has 0 aliphatic rings. The van der Waals surface area contributed by atoms with Gasteiger partial charge in [0.15, 0.2) is 0 Å². The molecule has 1 aromatic carbocycles. The first-order chi connectivity index (χ1) is 9.79. The van der Waals surface area contributed by atoms with Crippen molar-refractivity contribution in [2.24, 2.45) is 5.14 Å². The number of rotatable bonds is 4. The van der Waals surface area contributed by atoms with Crippen molar-refractivity contribution < 1.29 is 8.42 Å². The van der Waals surface area contributed by atoms with Crippen LogP contribution in [0, 0.1) is 0 Å². The highest BCUT2D eigenvalue weighted by molar-refractivity contribution is 7.89. The Morgan fingerprint density at radius 2 is 1.86 bits per heavy atom. The molecule has 2 aromatic rings. The Morgan fingerprint density at radius 3 is 2.33 bits per heavy atom. The highest BCUT2D eigenvalue weighted by atomic mass is 35.5. The summed E-state index contributed by atoms with van der Waals surface area (Å²) in [5.74, 6) is 0. The van der Waals surface area contributed by atoms with E-state index in [0.29, 0.717) is 40.0 Å². The Hall–Kier alpha value is -1.08. The molecule has 0 bridgehead atoms. The first-order valence-electron chi connectivity index (χ1n) is 6.38. The smallest absolute Gasteiger partial charge is 0.236 e. The van der Waals surface area contributed by atoms with E-state index in [4.69, 9.17) is 28.3 Å². The van der Waals surface area contributed by atoms with Gasteiger partial charge in [-0.25, -0.2) is 18.2 Å². The Kier molecular flexibility index (Phi) is 4.63. The Morgan fingerprint density at radius 1 is 1.19 bits per heavy atom. The molecule has 0 saturated heterocycles. The quantitative estimate of drug-likeness (QED) is 0.923. The molecule has 1 heterocycles. The van der Waals surface area contributed by atoms with Crippen molar-refractivity contribution in [1.82, 2.24) is 9.78 Å². The number of benzene rings is 1. The molecule has 0 unspecified atom stereocenters. The van der Waals surface area contributed by atoms with Crippen LogP contribution < -0.4 is 5.14 Å². The number of nitrogens with two attached hydrogens (primary N) is 1. The molecule has 1 aromatic heterocycles. The van der Waals surface area contributed by atoms with Crippen LogP contribution in [0.5, 0.6) is 0 Å². The minimum atomic E-state index is -3.84. The summed E-state index contributed by atoms with van der Waals surface area (Å²) in [5.41, 5.74) is 1.62. The van der Waals surface area contributed by atoms with Crippen LogP contribution in [-0.2, 0) is 22.9 Å². The van der Waals surface area contributed by atoms with Crippen molar-refractivity contribution in [3.8, 4) is 5.69 Å². The van der Waals surface area contributed by atoms with E-state index in [1.807, 2.05) is 13.8 Å². The lowest BCUT2D eigenvalue weighted by molar-refractivity contribution is 0.595. The second-order valence-corrected chi connectivity index (χ2v) is 6.80. The predicted octanol–water partition coefficient (Wildman–Crippen LogP) is 2.95. The Bertz CT molecular complexity index is 785. The summed E-state index contributed by atoms with van der Waals surface area (Å²) in [4.78, 5) is 0.0959. The number of aromatic nitrogens is 2. The van der Waals surface area contributed by atoms with E-state index in [2.05, 4.69) is 5.10 Å². The fraction of sp³-hybridized carbons (Fsp3) is 0.308. The van der Waals surface area contributed by atoms with Gasteiger partial charge in [0.25, 0.3) is 0 Å². The lowest BCUT2D eigenvalue weighted by atomic mass is 10.2. The van der Waals surface area contributed by atoms with Crippen molar-refractivity contribution in [3.05, 3.63) is 39.6 Å². The van der Waals surface area contributed by atoms with Crippen molar-refractivity contribution in [2.75, 3.05) is 0 Å². The fourth-order valence-electron chi connectivity index (χ4n) is 2.19. The van der Waals surface area contributed by atoms with Crippen molar-refractivity contribution >= 4 is 33.2 Å². The van der Waals surface area contributed by atoms with Crippen LogP contribution in [0.3, 0.4) is 0 Å². The molecule has 2 rings (SSSR count). The van der Waals surface area contributed by atoms with Gasteiger partial charge in [-0.1, -0.05) is 37.0 Å². The second-order valence-electron chi connectivity index (χ2n) is 4.48. The number of halogens is 2. The highest BCUT2D eigenvalue weighted by Crippen LogP contribution is 2.28. The monoisotopic (exact) mass is 347 g/mol. The molecule has 0 fully saturated rings. The first kappa shape index (κ1) is 16.3. The summed E-state index contributed by atoms with van der Waals surface area (Å²) in [6.07, 6.45) is 0.937. The number of aryl methyl sites for hydroxylation is 1. The van der Waals surface area contributed by atoms with Gasteiger partial charge in [0.2, 0.25) is 10.0 Å². The molecular formula is C13H15Cl2N3O2S. The van der Waals surface area contributed by atoms with Crippen LogP contribution in [-0.4, -0.2) is 18.2 Å². The van der Waals surface area contributed by atoms with Crippen molar-refractivity contribution in [2.45, 2.75) is 31.6 Å². The summed E-state index contributed by atoms with van der Waals surface area (Å²) in [7, 11) is -3.84. The van der Waals surface area contributed by atoms with E-state index in [0.717, 1.165) is 0 Å². The van der Waals surface area contributed by atoms with E-state index in [9.17, 15) is 8.42 Å². The summed E-state index contributed by atoms with van der Waals surface area (Å²) < 4.78 is 25.2. The molecule has 0 spiro atoms. The number of primary sulfonamides is 1. The largest absolute Gasteiger partial charge is 0.241 e. The summed E-state index contributed by atoms with van der Waals surface area (Å²) >= 11 is 11.9. The molecule has 114 valence electrons. The maximum absolute atomic E-state index is 11.8. The third kappa shape index (κ3) is 3.08. The van der Waals surface area contributed by atoms with Crippen molar-refractivity contribution in [1.29, 1.82) is 0 Å². The molecule has 0 aliphatic heterocycles. The van der Waals surface area contributed by atoms with Crippen LogP contribution in [0.15, 0.2) is 23.1 Å². The number of sulfonamides is 1. The number of nitrogens with zero attached hydrogens (tertiary/aromatic N) is 2. The average Bonchev–Trinajstić information content (AvgIpc) is 2.80. The van der Waals surface area contributed by atoms with Gasteiger partial charge >= 0.3 is 0 Å². The maximum atomic E-state index is 11.8. The third-order valence-corrected chi connectivity index (χ3v) is 4.88. The first-order valence-corrected chi connectivity index (χ1v) is 8.68. The van der Waals surface area contributed by atoms with Gasteiger partial charge in [-0.05, 0) is 31.0 Å². The van der Waals surface area contributed by atoms with Gasteiger partial charge in [-0.15, -0.1) is 0 Å². The molecule has 2 N–H and O–H groups in total. The van der Waals surface area contributed by atoms with Crippen LogP contribution in [0.25, 0.3) is 5.69 Å². The van der Waals surface area contributed by atoms with Crippen LogP contribution in [0.4, 0.5) is 0 Å². The Balaban J connectivity index is 2.75. The topological polar surface area (TPSA) is 78.0 Å². The molecule has 5 nitrogen and oxygen atoms in total. The lowest BCUT2D eigenvalue weighted by Crippen LogP contribution is -2.15. The third-order valence-electron chi connectivity index (χ3n) is 3.10. The number of hydrogen-bond acceptors (Lipinski definition) is 3. The van der Waals surface area contributed by atoms with E-state index in [-0.39, 0.29) is 4.90 Å². The minimum Gasteiger partial charge on any atom is -0.236 e. The van der Waals surface area contributed by atoms with Gasteiger partial charge in [-0.2, -0.15) is 5.10 Å². The van der Waals surface area contributed by atoms with Gasteiger partial charge in [0.1, 0.15) is 4.90 Å². The fourth-order valence-corrected chi connectivity index (χ4v) is 3.55. The normalized spacial score (nSPS) is 11.9. The maximum Gasteiger partial charge on any atom is 0.241 e. The summed E-state index contributed by atoms with van der Waals surface area (Å²) in [5, 5.41) is 10.5. The highest BCUT2D eigenvalue weighted by Gasteiger charge is 2.24. The van der Waals surface area contributed by atoms with Crippen LogP contribution in [0.1, 0.15) is 25.2 Å². The minimum absolute atomic E-state index is 0.0959. The predicted molar refractivity (Wildman–Crippen MR) is 83.7 cm³/mol. The average molecular weight is 348 g/mol. The Labute approximate surface area is 133 Å². The molecule has 0 saturated carbocycles. The van der Waals surface area contributed by atoms with Gasteiger partial charge in [0.05, 0.1) is 27.1 Å². The molecule has 21 heavy (non-hydrogen) atoms. The van der Waals surface area contributed by atoms with Crippen LogP contribution >= 0.6 is 23.2 Å². The van der Waals surface area contributed by atoms with Crippen LogP contribution in [0.2, 0.25) is 10.0 Å². The summed E-state index contributed by atoms with van der Waals surface area (Å²) in [6, 6.07) is 5.01. The van der Waals surface area contributed by atoms with Gasteiger partial charge < -0.3 is 0 Å². The van der Waals surface area contributed by atoms with Gasteiger partial charge in [0, 0.05) is 0 Å². The molecule has 0 amide bonds. The van der Waals surface area contributed by atoms with Crippen molar-refractivity contribution in [3.63, 3.8) is 0 Å². The zero-order valence-corrected chi connectivity index (χ0v) is 13.9. The number of hydrogen-bond donors (Lipinski definition) is 1. The van der Waals surface area contributed by atoms with E-state index in [1.165, 1.54) is 0 Å². The zero-order valence-electron chi connectivity index (χ0n) is 11.6. The van der Waals surface area contributed by atoms with E-state index < -0.39 is 10.0 Å². The van der Waals surface area contributed by atoms with E-state index >= 15 is 0 Å². The zero-order chi connectivity index (χ0) is 15.8. The summed E-state index contributed by atoms with van der Waals surface area (Å²) in [6.45, 7) is 3.68. The molecule has 0 radical (unpaired) electrons. The SMILES string of the molecule is CCc1nn(-c2ccc(Cl)c(Cl)c2)c(CC)c1S(N)(=O)=O. The molecule has 0 atom stereocenters.